The van der Waals surface area contributed by atoms with Crippen LogP contribution in [0.15, 0.2) is 64.4 Å². The molecule has 1 aliphatic rings. The van der Waals surface area contributed by atoms with Crippen LogP contribution in [0.1, 0.15) is 12.5 Å². The number of morpholine rings is 1. The molecule has 0 saturated carbocycles. The van der Waals surface area contributed by atoms with Crippen molar-refractivity contribution in [2.24, 2.45) is 4.99 Å². The van der Waals surface area contributed by atoms with E-state index in [1.165, 1.54) is 16.8 Å². The van der Waals surface area contributed by atoms with Crippen LogP contribution in [0.3, 0.4) is 0 Å². The summed E-state index contributed by atoms with van der Waals surface area (Å²) >= 11 is 0. The molecule has 0 radical (unpaired) electrons. The molecule has 1 fully saturated rings. The van der Waals surface area contributed by atoms with E-state index in [1.807, 2.05) is 37.3 Å². The molecule has 0 bridgehead atoms. The molecular formula is C23H25FN4O2. The fourth-order valence-electron chi connectivity index (χ4n) is 3.62. The number of rotatable bonds is 6. The van der Waals surface area contributed by atoms with Gasteiger partial charge in [0.15, 0.2) is 0 Å². The number of benzene rings is 2. The fraction of sp³-hybridized carbons (Fsp3) is 0.304. The zero-order chi connectivity index (χ0) is 20.9. The number of aromatic amines is 1. The van der Waals surface area contributed by atoms with Crippen molar-refractivity contribution in [1.82, 2.24) is 14.7 Å². The van der Waals surface area contributed by atoms with Gasteiger partial charge in [0.05, 0.1) is 36.7 Å². The van der Waals surface area contributed by atoms with Crippen molar-refractivity contribution in [2.75, 3.05) is 39.4 Å². The minimum atomic E-state index is -0.345. The highest BCUT2D eigenvalue weighted by molar-refractivity contribution is 6.03. The van der Waals surface area contributed by atoms with Gasteiger partial charge >= 0.3 is 0 Å². The van der Waals surface area contributed by atoms with Gasteiger partial charge in [-0.3, -0.25) is 19.8 Å². The molecule has 4 rings (SSSR count). The Balaban J connectivity index is 1.68. The summed E-state index contributed by atoms with van der Waals surface area (Å²) in [5, 5.41) is 3.20. The van der Waals surface area contributed by atoms with Crippen LogP contribution < -0.4 is 5.56 Å². The fourth-order valence-corrected chi connectivity index (χ4v) is 3.62. The molecule has 2 aromatic carbocycles. The van der Waals surface area contributed by atoms with Crippen molar-refractivity contribution in [1.29, 1.82) is 0 Å². The van der Waals surface area contributed by atoms with Crippen molar-refractivity contribution in [3.05, 3.63) is 76.3 Å². The number of halogens is 1. The first kappa shape index (κ1) is 20.3. The molecule has 0 atom stereocenters. The Labute approximate surface area is 174 Å². The summed E-state index contributed by atoms with van der Waals surface area (Å²) < 4.78 is 20.2. The highest BCUT2D eigenvalue weighted by Gasteiger charge is 2.19. The molecule has 0 spiro atoms. The molecule has 7 heteroatoms. The van der Waals surface area contributed by atoms with E-state index in [4.69, 9.17) is 9.73 Å². The van der Waals surface area contributed by atoms with E-state index in [0.717, 1.165) is 38.4 Å². The molecule has 0 amide bonds. The number of H-pyrrole nitrogens is 1. The van der Waals surface area contributed by atoms with Crippen molar-refractivity contribution < 1.29 is 9.13 Å². The van der Waals surface area contributed by atoms with Gasteiger partial charge in [-0.05, 0) is 31.2 Å². The molecule has 1 N–H and O–H groups in total. The van der Waals surface area contributed by atoms with Gasteiger partial charge in [0, 0.05) is 30.9 Å². The monoisotopic (exact) mass is 408 g/mol. The Hall–Kier alpha value is -3.03. The van der Waals surface area contributed by atoms with Gasteiger partial charge in [0.2, 0.25) is 0 Å². The number of nitrogens with zero attached hydrogens (tertiary/aromatic N) is 3. The largest absolute Gasteiger partial charge is 0.379 e. The first-order valence-corrected chi connectivity index (χ1v) is 10.1. The summed E-state index contributed by atoms with van der Waals surface area (Å²) in [7, 11) is 0. The molecule has 1 saturated heterocycles. The summed E-state index contributed by atoms with van der Waals surface area (Å²) in [5.41, 5.74) is 3.20. The maximum absolute atomic E-state index is 13.3. The lowest BCUT2D eigenvalue weighted by atomic mass is 10.1. The molecule has 2 heterocycles. The average Bonchev–Trinajstić information content (AvgIpc) is 3.13. The lowest BCUT2D eigenvalue weighted by molar-refractivity contribution is 0.0394. The van der Waals surface area contributed by atoms with Gasteiger partial charge in [0.1, 0.15) is 5.82 Å². The number of ether oxygens (including phenoxy) is 1. The summed E-state index contributed by atoms with van der Waals surface area (Å²) in [6.07, 6.45) is 0. The van der Waals surface area contributed by atoms with E-state index in [9.17, 15) is 9.18 Å². The second-order valence-corrected chi connectivity index (χ2v) is 7.27. The predicted molar refractivity (Wildman–Crippen MR) is 116 cm³/mol. The number of hydrogen-bond acceptors (Lipinski definition) is 4. The topological polar surface area (TPSA) is 62.6 Å². The van der Waals surface area contributed by atoms with Gasteiger partial charge in [0.25, 0.3) is 5.56 Å². The van der Waals surface area contributed by atoms with E-state index in [2.05, 4.69) is 10.00 Å². The lowest BCUT2D eigenvalue weighted by Crippen LogP contribution is -2.37. The first-order valence-electron chi connectivity index (χ1n) is 10.1. The molecule has 1 aromatic heterocycles. The van der Waals surface area contributed by atoms with Crippen LogP contribution in [0.4, 0.5) is 4.39 Å². The Morgan fingerprint density at radius 3 is 2.50 bits per heavy atom. The zero-order valence-corrected chi connectivity index (χ0v) is 17.0. The summed E-state index contributed by atoms with van der Waals surface area (Å²) in [5.74, 6) is -0.345. The maximum atomic E-state index is 13.3. The summed E-state index contributed by atoms with van der Waals surface area (Å²) in [6.45, 7) is 6.63. The highest BCUT2D eigenvalue weighted by Crippen LogP contribution is 2.21. The Morgan fingerprint density at radius 1 is 1.10 bits per heavy atom. The number of nitrogens with one attached hydrogen (secondary N) is 1. The minimum Gasteiger partial charge on any atom is -0.379 e. The van der Waals surface area contributed by atoms with Crippen molar-refractivity contribution in [2.45, 2.75) is 6.92 Å². The normalized spacial score (nSPS) is 15.5. The molecule has 0 unspecified atom stereocenters. The second kappa shape index (κ2) is 9.19. The summed E-state index contributed by atoms with van der Waals surface area (Å²) in [6, 6.07) is 15.5. The predicted octanol–water partition coefficient (Wildman–Crippen LogP) is 3.11. The molecule has 30 heavy (non-hydrogen) atoms. The number of aliphatic imine (C=N–C) groups is 1. The van der Waals surface area contributed by atoms with Crippen LogP contribution in [0, 0.1) is 5.82 Å². The van der Waals surface area contributed by atoms with E-state index in [-0.39, 0.29) is 11.4 Å². The first-order chi connectivity index (χ1) is 14.6. The molecule has 0 aliphatic carbocycles. The molecule has 156 valence electrons. The number of hydrogen-bond donors (Lipinski definition) is 1. The third kappa shape index (κ3) is 4.42. The zero-order valence-electron chi connectivity index (χ0n) is 17.0. The Morgan fingerprint density at radius 2 is 1.80 bits per heavy atom. The van der Waals surface area contributed by atoms with Gasteiger partial charge in [-0.25, -0.2) is 9.07 Å². The lowest BCUT2D eigenvalue weighted by Gasteiger charge is -2.25. The second-order valence-electron chi connectivity index (χ2n) is 7.27. The van der Waals surface area contributed by atoms with Crippen molar-refractivity contribution >= 4 is 5.71 Å². The average molecular weight is 408 g/mol. The third-order valence-electron chi connectivity index (χ3n) is 5.27. The van der Waals surface area contributed by atoms with E-state index in [1.54, 1.807) is 12.1 Å². The number of aromatic nitrogens is 2. The van der Waals surface area contributed by atoms with Crippen molar-refractivity contribution in [3.8, 4) is 16.9 Å². The van der Waals surface area contributed by atoms with Crippen LogP contribution in [0.25, 0.3) is 16.9 Å². The van der Waals surface area contributed by atoms with Gasteiger partial charge in [-0.15, -0.1) is 0 Å². The van der Waals surface area contributed by atoms with E-state index >= 15 is 0 Å². The van der Waals surface area contributed by atoms with Crippen LogP contribution in [-0.2, 0) is 4.74 Å². The standard InChI is InChI=1S/C23H25FN4O2/c1-17(25-11-12-27-13-15-30-16-14-27)21-22(18-5-3-2-4-6-18)26-28(23(21)29)20-9-7-19(24)8-10-20/h2-10,26H,11-16H2,1H3. The van der Waals surface area contributed by atoms with E-state index in [0.29, 0.717) is 29.2 Å². The van der Waals surface area contributed by atoms with Crippen LogP contribution >= 0.6 is 0 Å². The molecule has 6 nitrogen and oxygen atoms in total. The van der Waals surface area contributed by atoms with Gasteiger partial charge in [-0.1, -0.05) is 30.3 Å². The third-order valence-corrected chi connectivity index (χ3v) is 5.27. The smallest absolute Gasteiger partial charge is 0.280 e. The molecule has 1 aliphatic heterocycles. The van der Waals surface area contributed by atoms with Crippen LogP contribution in [0.2, 0.25) is 0 Å². The Kier molecular flexibility index (Phi) is 6.21. The van der Waals surface area contributed by atoms with E-state index < -0.39 is 0 Å². The van der Waals surface area contributed by atoms with Crippen LogP contribution in [0.5, 0.6) is 0 Å². The highest BCUT2D eigenvalue weighted by atomic mass is 19.1. The SMILES string of the molecule is CC(=NCCN1CCOCC1)c1c(-c2ccccc2)[nH]n(-c2ccc(F)cc2)c1=O. The van der Waals surface area contributed by atoms with Gasteiger partial charge < -0.3 is 4.74 Å². The minimum absolute atomic E-state index is 0.201. The molecule has 3 aromatic rings. The van der Waals surface area contributed by atoms with Gasteiger partial charge in [-0.2, -0.15) is 0 Å². The maximum Gasteiger partial charge on any atom is 0.280 e. The summed E-state index contributed by atoms with van der Waals surface area (Å²) in [4.78, 5) is 20.3. The van der Waals surface area contributed by atoms with Crippen molar-refractivity contribution in [3.63, 3.8) is 0 Å². The van der Waals surface area contributed by atoms with Crippen LogP contribution in [-0.4, -0.2) is 59.8 Å². The quantitative estimate of drug-likeness (QED) is 0.638. The Bertz CT molecular complexity index is 1060. The molecular weight excluding hydrogens is 383 g/mol.